The minimum atomic E-state index is 0.354. The molecule has 1 aromatic heterocycles. The molecule has 0 fully saturated rings. The number of hydrogen-bond donors (Lipinski definition) is 1. The van der Waals surface area contributed by atoms with Crippen molar-refractivity contribution in [3.63, 3.8) is 0 Å². The number of anilines is 1. The Morgan fingerprint density at radius 3 is 2.74 bits per heavy atom. The van der Waals surface area contributed by atoms with Crippen LogP contribution >= 0.6 is 0 Å². The summed E-state index contributed by atoms with van der Waals surface area (Å²) in [7, 11) is 1.61. The Morgan fingerprint density at radius 2 is 2.13 bits per heavy atom. The smallest absolute Gasteiger partial charge is 0.221 e. The number of benzene rings is 1. The standard InChI is InChI=1S/C17H22N4O2/c1-12(2)7-8-23-15-6-5-14(9-16(15)22-4)10-19-21-11-13(3)20-17(21)18/h5-7,9-11H,8H2,1-4H3,(H2,18,20). The Morgan fingerprint density at radius 1 is 1.35 bits per heavy atom. The molecule has 2 N–H and O–H groups in total. The Labute approximate surface area is 136 Å². The molecule has 6 heteroatoms. The summed E-state index contributed by atoms with van der Waals surface area (Å²) in [6, 6.07) is 5.63. The molecule has 6 nitrogen and oxygen atoms in total. The van der Waals surface area contributed by atoms with E-state index < -0.39 is 0 Å². The summed E-state index contributed by atoms with van der Waals surface area (Å²) in [4.78, 5) is 4.10. The van der Waals surface area contributed by atoms with Crippen LogP contribution in [0.25, 0.3) is 0 Å². The highest BCUT2D eigenvalue weighted by Crippen LogP contribution is 2.27. The highest BCUT2D eigenvalue weighted by Gasteiger charge is 2.05. The topological polar surface area (TPSA) is 74.7 Å². The molecule has 0 amide bonds. The molecule has 0 bridgehead atoms. The summed E-state index contributed by atoms with van der Waals surface area (Å²) in [5.74, 6) is 1.71. The maximum Gasteiger partial charge on any atom is 0.221 e. The first kappa shape index (κ1) is 16.6. The number of nitrogens with zero attached hydrogens (tertiary/aromatic N) is 3. The normalized spacial score (nSPS) is 10.8. The second-order valence-electron chi connectivity index (χ2n) is 5.33. The summed E-state index contributed by atoms with van der Waals surface area (Å²) in [6.07, 6.45) is 5.47. The average Bonchev–Trinajstić information content (AvgIpc) is 2.83. The molecule has 0 unspecified atom stereocenters. The molecule has 1 aromatic carbocycles. The van der Waals surface area contributed by atoms with Crippen LogP contribution in [-0.2, 0) is 0 Å². The van der Waals surface area contributed by atoms with Gasteiger partial charge in [-0.3, -0.25) is 0 Å². The molecule has 122 valence electrons. The van der Waals surface area contributed by atoms with E-state index in [0.717, 1.165) is 11.3 Å². The van der Waals surface area contributed by atoms with Gasteiger partial charge in [0.2, 0.25) is 5.95 Å². The van der Waals surface area contributed by atoms with Crippen LogP contribution in [0.3, 0.4) is 0 Å². The Kier molecular flexibility index (Phi) is 5.41. The lowest BCUT2D eigenvalue weighted by molar-refractivity contribution is 0.325. The summed E-state index contributed by atoms with van der Waals surface area (Å²) < 4.78 is 12.6. The molecule has 0 aliphatic rings. The van der Waals surface area contributed by atoms with Gasteiger partial charge in [-0.15, -0.1) is 0 Å². The molecule has 0 saturated heterocycles. The van der Waals surface area contributed by atoms with Gasteiger partial charge in [-0.2, -0.15) is 5.10 Å². The average molecular weight is 314 g/mol. The number of aryl methyl sites for hydroxylation is 1. The molecule has 2 rings (SSSR count). The molecule has 0 aliphatic heterocycles. The molecule has 0 saturated carbocycles. The van der Waals surface area contributed by atoms with Gasteiger partial charge < -0.3 is 15.2 Å². The predicted octanol–water partition coefficient (Wildman–Crippen LogP) is 3.01. The SMILES string of the molecule is COc1cc(C=Nn2cc(C)nc2N)ccc1OCC=C(C)C. The van der Waals surface area contributed by atoms with Crippen molar-refractivity contribution in [1.29, 1.82) is 0 Å². The van der Waals surface area contributed by atoms with Gasteiger partial charge in [0.15, 0.2) is 11.5 Å². The third-order valence-corrected chi connectivity index (χ3v) is 3.08. The quantitative estimate of drug-likeness (QED) is 0.657. The van der Waals surface area contributed by atoms with Crippen molar-refractivity contribution in [2.24, 2.45) is 5.10 Å². The third-order valence-electron chi connectivity index (χ3n) is 3.08. The summed E-state index contributed by atoms with van der Waals surface area (Å²) in [6.45, 7) is 6.44. The first-order chi connectivity index (χ1) is 11.0. The van der Waals surface area contributed by atoms with Gasteiger partial charge in [-0.05, 0) is 50.6 Å². The Balaban J connectivity index is 2.15. The lowest BCUT2D eigenvalue weighted by atomic mass is 10.2. The number of allylic oxidation sites excluding steroid dienone is 1. The highest BCUT2D eigenvalue weighted by atomic mass is 16.5. The minimum absolute atomic E-state index is 0.354. The zero-order chi connectivity index (χ0) is 16.8. The van der Waals surface area contributed by atoms with Crippen molar-refractivity contribution in [3.8, 4) is 11.5 Å². The molecule has 0 spiro atoms. The van der Waals surface area contributed by atoms with Gasteiger partial charge in [0, 0.05) is 0 Å². The maximum absolute atomic E-state index is 5.75. The second kappa shape index (κ2) is 7.49. The van der Waals surface area contributed by atoms with E-state index in [0.29, 0.717) is 24.1 Å². The van der Waals surface area contributed by atoms with E-state index in [2.05, 4.69) is 10.1 Å². The largest absolute Gasteiger partial charge is 0.493 e. The number of nitrogens with two attached hydrogens (primary N) is 1. The summed E-state index contributed by atoms with van der Waals surface area (Å²) in [5.41, 5.74) is 8.66. The van der Waals surface area contributed by atoms with Gasteiger partial charge in [0.1, 0.15) is 6.61 Å². The Hall–Kier alpha value is -2.76. The molecule has 23 heavy (non-hydrogen) atoms. The first-order valence-corrected chi connectivity index (χ1v) is 7.29. The van der Waals surface area contributed by atoms with Crippen molar-refractivity contribution in [2.45, 2.75) is 20.8 Å². The zero-order valence-electron chi connectivity index (χ0n) is 13.9. The Bertz CT molecular complexity index is 728. The predicted molar refractivity (Wildman–Crippen MR) is 92.3 cm³/mol. The number of aromatic nitrogens is 2. The zero-order valence-corrected chi connectivity index (χ0v) is 13.9. The second-order valence-corrected chi connectivity index (χ2v) is 5.33. The summed E-state index contributed by atoms with van der Waals surface area (Å²) >= 11 is 0. The van der Waals surface area contributed by atoms with Gasteiger partial charge in [0.05, 0.1) is 25.2 Å². The molecule has 0 aliphatic carbocycles. The van der Waals surface area contributed by atoms with Crippen molar-refractivity contribution < 1.29 is 9.47 Å². The van der Waals surface area contributed by atoms with Crippen molar-refractivity contribution >= 4 is 12.2 Å². The number of nitrogen functional groups attached to an aromatic ring is 1. The fraction of sp³-hybridized carbons (Fsp3) is 0.294. The van der Waals surface area contributed by atoms with Crippen LogP contribution in [0, 0.1) is 6.92 Å². The number of ether oxygens (including phenoxy) is 2. The molecule has 1 heterocycles. The van der Waals surface area contributed by atoms with E-state index >= 15 is 0 Å². The van der Waals surface area contributed by atoms with Crippen LogP contribution in [0.5, 0.6) is 11.5 Å². The van der Waals surface area contributed by atoms with Gasteiger partial charge in [-0.1, -0.05) is 5.57 Å². The highest BCUT2D eigenvalue weighted by molar-refractivity contribution is 5.81. The van der Waals surface area contributed by atoms with E-state index in [1.807, 2.05) is 45.0 Å². The fourth-order valence-corrected chi connectivity index (χ4v) is 1.91. The van der Waals surface area contributed by atoms with Crippen LogP contribution in [0.4, 0.5) is 5.95 Å². The summed E-state index contributed by atoms with van der Waals surface area (Å²) in [5, 5.41) is 4.29. The fourth-order valence-electron chi connectivity index (χ4n) is 1.91. The number of rotatable bonds is 6. The van der Waals surface area contributed by atoms with Crippen LogP contribution in [0.1, 0.15) is 25.1 Å². The third kappa shape index (κ3) is 4.60. The van der Waals surface area contributed by atoms with Crippen LogP contribution in [0.2, 0.25) is 0 Å². The lowest BCUT2D eigenvalue weighted by Gasteiger charge is -2.10. The van der Waals surface area contributed by atoms with Crippen molar-refractivity contribution in [2.75, 3.05) is 19.5 Å². The van der Waals surface area contributed by atoms with Crippen molar-refractivity contribution in [1.82, 2.24) is 9.66 Å². The van der Waals surface area contributed by atoms with Gasteiger partial charge >= 0.3 is 0 Å². The van der Waals surface area contributed by atoms with Gasteiger partial charge in [0.25, 0.3) is 0 Å². The monoisotopic (exact) mass is 314 g/mol. The molecule has 0 atom stereocenters. The minimum Gasteiger partial charge on any atom is -0.493 e. The molecular weight excluding hydrogens is 292 g/mol. The van der Waals surface area contributed by atoms with E-state index in [1.165, 1.54) is 10.2 Å². The van der Waals surface area contributed by atoms with E-state index in [9.17, 15) is 0 Å². The van der Waals surface area contributed by atoms with E-state index in [1.54, 1.807) is 19.5 Å². The first-order valence-electron chi connectivity index (χ1n) is 7.29. The lowest BCUT2D eigenvalue weighted by Crippen LogP contribution is -1.99. The number of hydrogen-bond acceptors (Lipinski definition) is 5. The number of imidazole rings is 1. The van der Waals surface area contributed by atoms with Crippen LogP contribution < -0.4 is 15.2 Å². The van der Waals surface area contributed by atoms with E-state index in [-0.39, 0.29) is 0 Å². The molecular formula is C17H22N4O2. The van der Waals surface area contributed by atoms with Crippen LogP contribution in [0.15, 0.2) is 41.1 Å². The molecule has 2 aromatic rings. The number of methoxy groups -OCH3 is 1. The van der Waals surface area contributed by atoms with E-state index in [4.69, 9.17) is 15.2 Å². The van der Waals surface area contributed by atoms with Crippen LogP contribution in [-0.4, -0.2) is 29.6 Å². The molecule has 0 radical (unpaired) electrons. The maximum atomic E-state index is 5.75. The van der Waals surface area contributed by atoms with Gasteiger partial charge in [-0.25, -0.2) is 9.66 Å². The van der Waals surface area contributed by atoms with Crippen molar-refractivity contribution in [3.05, 3.63) is 47.3 Å².